The molecular formula is C12H14N4O3S. The van der Waals surface area contributed by atoms with Crippen LogP contribution in [0.3, 0.4) is 0 Å². The summed E-state index contributed by atoms with van der Waals surface area (Å²) in [5.74, 6) is 1.37. The first-order valence-electron chi connectivity index (χ1n) is 5.96. The van der Waals surface area contributed by atoms with Crippen molar-refractivity contribution in [2.75, 3.05) is 5.73 Å². The number of thioether (sulfide) groups is 1. The van der Waals surface area contributed by atoms with Gasteiger partial charge in [-0.15, -0.1) is 0 Å². The Morgan fingerprint density at radius 1 is 1.50 bits per heavy atom. The van der Waals surface area contributed by atoms with Gasteiger partial charge in [-0.25, -0.2) is 0 Å². The molecule has 2 N–H and O–H groups in total. The van der Waals surface area contributed by atoms with E-state index in [0.29, 0.717) is 28.1 Å². The normalized spacial score (nSPS) is 10.9. The van der Waals surface area contributed by atoms with E-state index >= 15 is 0 Å². The van der Waals surface area contributed by atoms with E-state index < -0.39 is 4.92 Å². The summed E-state index contributed by atoms with van der Waals surface area (Å²) in [6.45, 7) is 4.15. The Labute approximate surface area is 119 Å². The second kappa shape index (κ2) is 5.91. The minimum atomic E-state index is -0.491. The van der Waals surface area contributed by atoms with Crippen LogP contribution in [0.15, 0.2) is 22.7 Å². The SMILES string of the molecule is CC(C)SCc1noc(-c2cc([N+](=O)[O-])ccc2N)n1. The summed E-state index contributed by atoms with van der Waals surface area (Å²) in [6, 6.07) is 4.13. The number of nitrogens with two attached hydrogens (primary N) is 1. The molecule has 0 atom stereocenters. The van der Waals surface area contributed by atoms with E-state index in [0.717, 1.165) is 0 Å². The molecule has 0 unspecified atom stereocenters. The Hall–Kier alpha value is -2.09. The van der Waals surface area contributed by atoms with Crippen molar-refractivity contribution in [1.29, 1.82) is 0 Å². The summed E-state index contributed by atoms with van der Waals surface area (Å²) in [5, 5.41) is 15.1. The lowest BCUT2D eigenvalue weighted by Crippen LogP contribution is -1.94. The van der Waals surface area contributed by atoms with Gasteiger partial charge in [0.25, 0.3) is 11.6 Å². The molecule has 1 aromatic heterocycles. The number of nitro groups is 1. The van der Waals surface area contributed by atoms with E-state index in [9.17, 15) is 10.1 Å². The Morgan fingerprint density at radius 3 is 2.90 bits per heavy atom. The summed E-state index contributed by atoms with van der Waals surface area (Å²) >= 11 is 1.68. The molecule has 2 aromatic rings. The Bertz CT molecular complexity index is 627. The fourth-order valence-corrected chi connectivity index (χ4v) is 2.11. The second-order valence-electron chi connectivity index (χ2n) is 4.40. The summed E-state index contributed by atoms with van der Waals surface area (Å²) in [5.41, 5.74) is 6.48. The van der Waals surface area contributed by atoms with Crippen molar-refractivity contribution in [2.24, 2.45) is 0 Å². The predicted octanol–water partition coefficient (Wildman–Crippen LogP) is 2.87. The quantitative estimate of drug-likeness (QED) is 0.513. The predicted molar refractivity (Wildman–Crippen MR) is 77.2 cm³/mol. The van der Waals surface area contributed by atoms with Gasteiger partial charge in [-0.1, -0.05) is 19.0 Å². The fourth-order valence-electron chi connectivity index (χ4n) is 1.51. The Balaban J connectivity index is 2.27. The third-order valence-corrected chi connectivity index (χ3v) is 3.58. The van der Waals surface area contributed by atoms with Crippen LogP contribution in [-0.2, 0) is 5.75 Å². The number of hydrogen-bond acceptors (Lipinski definition) is 7. The molecule has 0 saturated heterocycles. The zero-order valence-corrected chi connectivity index (χ0v) is 11.9. The van der Waals surface area contributed by atoms with Crippen LogP contribution in [0.25, 0.3) is 11.5 Å². The van der Waals surface area contributed by atoms with E-state index in [1.54, 1.807) is 11.8 Å². The molecule has 20 heavy (non-hydrogen) atoms. The van der Waals surface area contributed by atoms with E-state index in [2.05, 4.69) is 24.0 Å². The number of hydrogen-bond donors (Lipinski definition) is 1. The summed E-state index contributed by atoms with van der Waals surface area (Å²) in [6.07, 6.45) is 0. The van der Waals surface area contributed by atoms with Gasteiger partial charge in [0.05, 0.1) is 16.2 Å². The molecule has 106 valence electrons. The number of benzene rings is 1. The highest BCUT2D eigenvalue weighted by Gasteiger charge is 2.16. The van der Waals surface area contributed by atoms with Crippen molar-refractivity contribution in [2.45, 2.75) is 24.9 Å². The van der Waals surface area contributed by atoms with E-state index in [1.807, 2.05) is 0 Å². The third kappa shape index (κ3) is 3.27. The number of nitrogen functional groups attached to an aromatic ring is 1. The lowest BCUT2D eigenvalue weighted by molar-refractivity contribution is -0.384. The van der Waals surface area contributed by atoms with Crippen LogP contribution in [0.2, 0.25) is 0 Å². The molecule has 2 rings (SSSR count). The molecule has 0 aliphatic carbocycles. The maximum atomic E-state index is 10.8. The van der Waals surface area contributed by atoms with Crippen LogP contribution < -0.4 is 5.73 Å². The van der Waals surface area contributed by atoms with Gasteiger partial charge in [0, 0.05) is 17.8 Å². The number of rotatable bonds is 5. The lowest BCUT2D eigenvalue weighted by Gasteiger charge is -2.00. The number of anilines is 1. The van der Waals surface area contributed by atoms with Crippen molar-refractivity contribution in [1.82, 2.24) is 10.1 Å². The standard InChI is InChI=1S/C12H14N4O3S/c1-7(2)20-6-11-14-12(19-15-11)9-5-8(16(17)18)3-4-10(9)13/h3-5,7H,6,13H2,1-2H3. The van der Waals surface area contributed by atoms with Crippen LogP contribution in [0.1, 0.15) is 19.7 Å². The minimum Gasteiger partial charge on any atom is -0.398 e. The smallest absolute Gasteiger partial charge is 0.270 e. The fraction of sp³-hybridized carbons (Fsp3) is 0.333. The molecule has 8 heteroatoms. The first kappa shape index (κ1) is 14.3. The molecule has 1 aromatic carbocycles. The van der Waals surface area contributed by atoms with Crippen molar-refractivity contribution < 1.29 is 9.45 Å². The molecular weight excluding hydrogens is 280 g/mol. The monoisotopic (exact) mass is 294 g/mol. The molecule has 0 spiro atoms. The number of nitrogens with zero attached hydrogens (tertiary/aromatic N) is 3. The molecule has 0 saturated carbocycles. The Morgan fingerprint density at radius 2 is 2.25 bits per heavy atom. The van der Waals surface area contributed by atoms with Gasteiger partial charge in [-0.2, -0.15) is 16.7 Å². The molecule has 0 aliphatic heterocycles. The van der Waals surface area contributed by atoms with Gasteiger partial charge in [-0.05, 0) is 11.3 Å². The van der Waals surface area contributed by atoms with Gasteiger partial charge in [0.15, 0.2) is 5.82 Å². The van der Waals surface area contributed by atoms with Gasteiger partial charge in [0.1, 0.15) is 0 Å². The van der Waals surface area contributed by atoms with Crippen molar-refractivity contribution in [3.05, 3.63) is 34.1 Å². The van der Waals surface area contributed by atoms with E-state index in [-0.39, 0.29) is 11.6 Å². The van der Waals surface area contributed by atoms with E-state index in [1.165, 1.54) is 18.2 Å². The average molecular weight is 294 g/mol. The average Bonchev–Trinajstić information content (AvgIpc) is 2.85. The summed E-state index contributed by atoms with van der Waals surface area (Å²) in [4.78, 5) is 14.5. The van der Waals surface area contributed by atoms with E-state index in [4.69, 9.17) is 10.3 Å². The number of aromatic nitrogens is 2. The zero-order chi connectivity index (χ0) is 14.7. The van der Waals surface area contributed by atoms with Gasteiger partial charge in [0.2, 0.25) is 0 Å². The number of nitro benzene ring substituents is 1. The van der Waals surface area contributed by atoms with Crippen LogP contribution in [0, 0.1) is 10.1 Å². The Kier molecular flexibility index (Phi) is 4.23. The highest BCUT2D eigenvalue weighted by molar-refractivity contribution is 7.99. The first-order valence-corrected chi connectivity index (χ1v) is 7.00. The molecule has 0 amide bonds. The van der Waals surface area contributed by atoms with Crippen molar-refractivity contribution in [3.8, 4) is 11.5 Å². The third-order valence-electron chi connectivity index (χ3n) is 2.49. The van der Waals surface area contributed by atoms with Crippen LogP contribution >= 0.6 is 11.8 Å². The van der Waals surface area contributed by atoms with Crippen LogP contribution in [-0.4, -0.2) is 20.3 Å². The topological polar surface area (TPSA) is 108 Å². The highest BCUT2D eigenvalue weighted by Crippen LogP contribution is 2.29. The maximum absolute atomic E-state index is 10.8. The summed E-state index contributed by atoms with van der Waals surface area (Å²) in [7, 11) is 0. The molecule has 1 heterocycles. The molecule has 0 aliphatic rings. The van der Waals surface area contributed by atoms with Crippen LogP contribution in [0.5, 0.6) is 0 Å². The van der Waals surface area contributed by atoms with Crippen LogP contribution in [0.4, 0.5) is 11.4 Å². The lowest BCUT2D eigenvalue weighted by atomic mass is 10.1. The summed E-state index contributed by atoms with van der Waals surface area (Å²) < 4.78 is 5.12. The van der Waals surface area contributed by atoms with Crippen molar-refractivity contribution in [3.63, 3.8) is 0 Å². The zero-order valence-electron chi connectivity index (χ0n) is 11.1. The molecule has 0 fully saturated rings. The van der Waals surface area contributed by atoms with Gasteiger partial charge >= 0.3 is 0 Å². The van der Waals surface area contributed by atoms with Gasteiger partial charge < -0.3 is 10.3 Å². The molecule has 7 nitrogen and oxygen atoms in total. The molecule has 0 bridgehead atoms. The molecule has 0 radical (unpaired) electrons. The second-order valence-corrected chi connectivity index (χ2v) is 5.97. The first-order chi connectivity index (χ1) is 9.47. The number of non-ortho nitro benzene ring substituents is 1. The maximum Gasteiger partial charge on any atom is 0.270 e. The van der Waals surface area contributed by atoms with Gasteiger partial charge in [-0.3, -0.25) is 10.1 Å². The van der Waals surface area contributed by atoms with Crippen molar-refractivity contribution >= 4 is 23.1 Å². The minimum absolute atomic E-state index is 0.0643. The largest absolute Gasteiger partial charge is 0.398 e. The highest BCUT2D eigenvalue weighted by atomic mass is 32.2.